The second kappa shape index (κ2) is 6.42. The maximum absolute atomic E-state index is 10.8. The molecule has 0 saturated heterocycles. The smallest absolute Gasteiger partial charge is 0.337 e. The number of carbonyl (C=O) groups is 1. The van der Waals surface area contributed by atoms with Crippen LogP contribution < -0.4 is 5.32 Å². The van der Waals surface area contributed by atoms with Crippen LogP contribution in [0.3, 0.4) is 0 Å². The summed E-state index contributed by atoms with van der Waals surface area (Å²) < 4.78 is 0. The Morgan fingerprint density at radius 3 is 2.94 bits per heavy atom. The largest absolute Gasteiger partial charge is 0.478 e. The number of carboxylic acids is 1. The highest BCUT2D eigenvalue weighted by atomic mass is 35.5. The number of aliphatic hydroxyl groups is 1. The lowest BCUT2D eigenvalue weighted by molar-refractivity contribution is 0.0697. The number of halogens is 1. The molecule has 1 aromatic heterocycles. The van der Waals surface area contributed by atoms with Crippen molar-refractivity contribution in [2.45, 2.75) is 25.9 Å². The molecule has 1 aromatic rings. The lowest BCUT2D eigenvalue weighted by Crippen LogP contribution is -2.09. The number of nitrogens with zero attached hydrogens (tertiary/aromatic N) is 1. The van der Waals surface area contributed by atoms with Crippen LogP contribution in [0.25, 0.3) is 0 Å². The summed E-state index contributed by atoms with van der Waals surface area (Å²) in [5.74, 6) is -0.721. The lowest BCUT2D eigenvalue weighted by Gasteiger charge is -2.09. The highest BCUT2D eigenvalue weighted by Gasteiger charge is 2.12. The summed E-state index contributed by atoms with van der Waals surface area (Å²) in [5.41, 5.74) is 0.0275. The van der Waals surface area contributed by atoms with Gasteiger partial charge < -0.3 is 15.5 Å². The fourth-order valence-electron chi connectivity index (χ4n) is 1.34. The zero-order valence-electron chi connectivity index (χ0n) is 9.48. The minimum atomic E-state index is -1.08. The van der Waals surface area contributed by atoms with Gasteiger partial charge in [-0.15, -0.1) is 0 Å². The van der Waals surface area contributed by atoms with Crippen molar-refractivity contribution in [1.29, 1.82) is 0 Å². The Kier molecular flexibility index (Phi) is 5.18. The van der Waals surface area contributed by atoms with Gasteiger partial charge >= 0.3 is 5.97 Å². The number of pyridine rings is 1. The van der Waals surface area contributed by atoms with Gasteiger partial charge in [0.15, 0.2) is 0 Å². The van der Waals surface area contributed by atoms with Crippen LogP contribution in [0.2, 0.25) is 5.02 Å². The van der Waals surface area contributed by atoms with E-state index in [0.29, 0.717) is 18.8 Å². The second-order valence-corrected chi connectivity index (χ2v) is 4.12. The van der Waals surface area contributed by atoms with Gasteiger partial charge in [0, 0.05) is 12.7 Å². The maximum Gasteiger partial charge on any atom is 0.337 e. The van der Waals surface area contributed by atoms with Gasteiger partial charge in [-0.2, -0.15) is 0 Å². The van der Waals surface area contributed by atoms with Crippen molar-refractivity contribution in [3.8, 4) is 0 Å². The molecular weight excluding hydrogens is 244 g/mol. The van der Waals surface area contributed by atoms with E-state index in [2.05, 4.69) is 10.3 Å². The molecular formula is C11H15ClN2O3. The minimum absolute atomic E-state index is 0.0275. The fraction of sp³-hybridized carbons (Fsp3) is 0.455. The first kappa shape index (κ1) is 13.7. The number of anilines is 1. The first-order valence-electron chi connectivity index (χ1n) is 5.32. The summed E-state index contributed by atoms with van der Waals surface area (Å²) in [7, 11) is 0. The third-order valence-corrected chi connectivity index (χ3v) is 2.59. The van der Waals surface area contributed by atoms with Gasteiger partial charge in [-0.1, -0.05) is 11.6 Å². The highest BCUT2D eigenvalue weighted by Crippen LogP contribution is 2.23. The molecule has 1 unspecified atom stereocenters. The topological polar surface area (TPSA) is 82.5 Å². The number of aromatic carboxylic acids is 1. The number of nitrogens with one attached hydrogen (secondary N) is 1. The van der Waals surface area contributed by atoms with Crippen molar-refractivity contribution in [3.63, 3.8) is 0 Å². The Bertz CT molecular complexity index is 396. The van der Waals surface area contributed by atoms with Crippen LogP contribution in [-0.4, -0.2) is 33.8 Å². The van der Waals surface area contributed by atoms with Crippen molar-refractivity contribution >= 4 is 23.4 Å². The Morgan fingerprint density at radius 1 is 1.65 bits per heavy atom. The third-order valence-electron chi connectivity index (χ3n) is 2.21. The molecule has 0 aliphatic rings. The molecule has 0 fully saturated rings. The number of carboxylic acid groups (broad SMARTS) is 1. The first-order valence-corrected chi connectivity index (χ1v) is 5.70. The van der Waals surface area contributed by atoms with Crippen LogP contribution >= 0.6 is 11.6 Å². The van der Waals surface area contributed by atoms with Gasteiger partial charge in [-0.3, -0.25) is 0 Å². The van der Waals surface area contributed by atoms with Gasteiger partial charge in [0.25, 0.3) is 0 Å². The Morgan fingerprint density at radius 2 is 2.35 bits per heavy atom. The predicted molar refractivity (Wildman–Crippen MR) is 65.6 cm³/mol. The molecule has 0 saturated carbocycles. The molecule has 0 spiro atoms. The van der Waals surface area contributed by atoms with Gasteiger partial charge in [-0.05, 0) is 25.8 Å². The van der Waals surface area contributed by atoms with Crippen LogP contribution in [0.5, 0.6) is 0 Å². The number of aromatic nitrogens is 1. The van der Waals surface area contributed by atoms with E-state index in [9.17, 15) is 4.79 Å². The molecule has 1 rings (SSSR count). The van der Waals surface area contributed by atoms with E-state index < -0.39 is 5.97 Å². The standard InChI is InChI=1S/C11H15ClN2O3/c1-7(15)3-2-5-13-10-9(12)8(11(16)17)4-6-14-10/h4,6-7,15H,2-3,5H2,1H3,(H,13,14)(H,16,17). The molecule has 1 atom stereocenters. The molecule has 0 radical (unpaired) electrons. The SMILES string of the molecule is CC(O)CCCNc1nccc(C(=O)O)c1Cl. The molecule has 6 heteroatoms. The average Bonchev–Trinajstić information content (AvgIpc) is 2.25. The van der Waals surface area contributed by atoms with Crippen molar-refractivity contribution < 1.29 is 15.0 Å². The van der Waals surface area contributed by atoms with Gasteiger partial charge in [-0.25, -0.2) is 9.78 Å². The van der Waals surface area contributed by atoms with E-state index in [0.717, 1.165) is 6.42 Å². The number of rotatable bonds is 6. The Hall–Kier alpha value is -1.33. The van der Waals surface area contributed by atoms with Crippen molar-refractivity contribution in [3.05, 3.63) is 22.8 Å². The Balaban J connectivity index is 2.59. The zero-order valence-corrected chi connectivity index (χ0v) is 10.2. The second-order valence-electron chi connectivity index (χ2n) is 3.74. The Labute approximate surface area is 104 Å². The van der Waals surface area contributed by atoms with E-state index >= 15 is 0 Å². The van der Waals surface area contributed by atoms with E-state index in [-0.39, 0.29) is 16.7 Å². The third kappa shape index (κ3) is 4.20. The lowest BCUT2D eigenvalue weighted by atomic mass is 10.2. The monoisotopic (exact) mass is 258 g/mol. The number of aliphatic hydroxyl groups excluding tert-OH is 1. The molecule has 5 nitrogen and oxygen atoms in total. The normalized spacial score (nSPS) is 12.2. The minimum Gasteiger partial charge on any atom is -0.478 e. The van der Waals surface area contributed by atoms with E-state index in [1.165, 1.54) is 12.3 Å². The summed E-state index contributed by atoms with van der Waals surface area (Å²) in [5, 5.41) is 21.0. The first-order chi connectivity index (χ1) is 8.02. The van der Waals surface area contributed by atoms with E-state index in [1.54, 1.807) is 6.92 Å². The number of hydrogen-bond acceptors (Lipinski definition) is 4. The van der Waals surface area contributed by atoms with E-state index in [1.807, 2.05) is 0 Å². The molecule has 0 bridgehead atoms. The van der Waals surface area contributed by atoms with Gasteiger partial charge in [0.05, 0.1) is 16.7 Å². The molecule has 0 amide bonds. The van der Waals surface area contributed by atoms with Crippen LogP contribution in [0.4, 0.5) is 5.82 Å². The van der Waals surface area contributed by atoms with Crippen LogP contribution in [0.1, 0.15) is 30.1 Å². The predicted octanol–water partition coefficient (Wildman–Crippen LogP) is 2.01. The molecule has 1 heterocycles. The van der Waals surface area contributed by atoms with E-state index in [4.69, 9.17) is 21.8 Å². The highest BCUT2D eigenvalue weighted by molar-refractivity contribution is 6.35. The van der Waals surface area contributed by atoms with Crippen LogP contribution in [0.15, 0.2) is 12.3 Å². The molecule has 0 aliphatic heterocycles. The summed E-state index contributed by atoms with van der Waals surface area (Å²) in [6, 6.07) is 1.35. The van der Waals surface area contributed by atoms with Crippen LogP contribution in [0, 0.1) is 0 Å². The fourth-order valence-corrected chi connectivity index (χ4v) is 1.60. The zero-order chi connectivity index (χ0) is 12.8. The molecule has 17 heavy (non-hydrogen) atoms. The van der Waals surface area contributed by atoms with Gasteiger partial charge in [0.1, 0.15) is 5.82 Å². The average molecular weight is 259 g/mol. The summed E-state index contributed by atoms with van der Waals surface area (Å²) in [4.78, 5) is 14.8. The molecule has 3 N–H and O–H groups in total. The maximum atomic E-state index is 10.8. The summed E-state index contributed by atoms with van der Waals surface area (Å²) in [6.07, 6.45) is 2.48. The van der Waals surface area contributed by atoms with Crippen molar-refractivity contribution in [2.24, 2.45) is 0 Å². The number of hydrogen-bond donors (Lipinski definition) is 3. The van der Waals surface area contributed by atoms with Crippen LogP contribution in [-0.2, 0) is 0 Å². The van der Waals surface area contributed by atoms with Gasteiger partial charge in [0.2, 0.25) is 0 Å². The summed E-state index contributed by atoms with van der Waals surface area (Å²) in [6.45, 7) is 2.30. The summed E-state index contributed by atoms with van der Waals surface area (Å²) >= 11 is 5.89. The molecule has 94 valence electrons. The molecule has 0 aromatic carbocycles. The van der Waals surface area contributed by atoms with Crippen molar-refractivity contribution in [2.75, 3.05) is 11.9 Å². The van der Waals surface area contributed by atoms with Crippen molar-refractivity contribution in [1.82, 2.24) is 4.98 Å². The quantitative estimate of drug-likeness (QED) is 0.680. The molecule has 0 aliphatic carbocycles.